The highest BCUT2D eigenvalue weighted by atomic mass is 16.3. The van der Waals surface area contributed by atoms with Crippen molar-refractivity contribution in [3.63, 3.8) is 0 Å². The van der Waals surface area contributed by atoms with Crippen molar-refractivity contribution in [2.24, 2.45) is 17.1 Å². The van der Waals surface area contributed by atoms with Crippen molar-refractivity contribution in [2.75, 3.05) is 6.54 Å². The van der Waals surface area contributed by atoms with Crippen LogP contribution >= 0.6 is 0 Å². The summed E-state index contributed by atoms with van der Waals surface area (Å²) < 4.78 is 0. The van der Waals surface area contributed by atoms with E-state index in [1.165, 1.54) is 0 Å². The monoisotopic (exact) mass is 242 g/mol. The number of rotatable bonds is 4. The third-order valence-electron chi connectivity index (χ3n) is 3.97. The minimum atomic E-state index is -0.459. The molecule has 0 aromatic heterocycles. The van der Waals surface area contributed by atoms with Crippen LogP contribution in [-0.4, -0.2) is 29.7 Å². The van der Waals surface area contributed by atoms with Gasteiger partial charge in [0.25, 0.3) is 0 Å². The van der Waals surface area contributed by atoms with Gasteiger partial charge in [0.15, 0.2) is 0 Å². The second-order valence-corrected chi connectivity index (χ2v) is 5.90. The van der Waals surface area contributed by atoms with Crippen LogP contribution in [0.1, 0.15) is 46.5 Å². The van der Waals surface area contributed by atoms with Crippen LogP contribution in [0.4, 0.5) is 0 Å². The summed E-state index contributed by atoms with van der Waals surface area (Å²) in [5.41, 5.74) is 5.59. The molecular weight excluding hydrogens is 216 g/mol. The number of hydrogen-bond acceptors (Lipinski definition) is 3. The molecule has 0 saturated heterocycles. The first-order valence-corrected chi connectivity index (χ1v) is 6.58. The average molecular weight is 242 g/mol. The van der Waals surface area contributed by atoms with Crippen LogP contribution in [0.15, 0.2) is 0 Å². The fourth-order valence-corrected chi connectivity index (χ4v) is 2.30. The molecule has 4 heteroatoms. The summed E-state index contributed by atoms with van der Waals surface area (Å²) in [4.78, 5) is 11.8. The SMILES string of the molecule is CC(C)[C@H](N)C(=O)NCC1(C)CCCCC1O. The van der Waals surface area contributed by atoms with Crippen LogP contribution in [0.3, 0.4) is 0 Å². The highest BCUT2D eigenvalue weighted by molar-refractivity contribution is 5.81. The predicted octanol–water partition coefficient (Wildman–Crippen LogP) is 1.03. The normalized spacial score (nSPS) is 31.3. The van der Waals surface area contributed by atoms with Gasteiger partial charge < -0.3 is 16.2 Å². The summed E-state index contributed by atoms with van der Waals surface area (Å²) in [5, 5.41) is 12.9. The zero-order valence-electron chi connectivity index (χ0n) is 11.2. The van der Waals surface area contributed by atoms with Gasteiger partial charge in [-0.25, -0.2) is 0 Å². The van der Waals surface area contributed by atoms with Crippen molar-refractivity contribution >= 4 is 5.91 Å². The lowest BCUT2D eigenvalue weighted by Crippen LogP contribution is -2.50. The van der Waals surface area contributed by atoms with Gasteiger partial charge in [-0.3, -0.25) is 4.79 Å². The maximum Gasteiger partial charge on any atom is 0.237 e. The van der Waals surface area contributed by atoms with Gasteiger partial charge in [-0.2, -0.15) is 0 Å². The number of hydrogen-bond donors (Lipinski definition) is 3. The molecule has 0 radical (unpaired) electrons. The summed E-state index contributed by atoms with van der Waals surface area (Å²) in [6.07, 6.45) is 3.69. The molecule has 4 nitrogen and oxygen atoms in total. The highest BCUT2D eigenvalue weighted by Gasteiger charge is 2.35. The summed E-state index contributed by atoms with van der Waals surface area (Å²) >= 11 is 0. The van der Waals surface area contributed by atoms with Crippen LogP contribution in [0, 0.1) is 11.3 Å². The topological polar surface area (TPSA) is 75.4 Å². The van der Waals surface area contributed by atoms with E-state index in [9.17, 15) is 9.90 Å². The second kappa shape index (κ2) is 5.83. The molecule has 100 valence electrons. The van der Waals surface area contributed by atoms with E-state index in [1.807, 2.05) is 20.8 Å². The van der Waals surface area contributed by atoms with Crippen molar-refractivity contribution in [1.82, 2.24) is 5.32 Å². The van der Waals surface area contributed by atoms with Gasteiger partial charge >= 0.3 is 0 Å². The molecule has 1 aliphatic rings. The molecule has 1 saturated carbocycles. The van der Waals surface area contributed by atoms with E-state index in [4.69, 9.17) is 5.73 Å². The lowest BCUT2D eigenvalue weighted by atomic mass is 9.73. The molecule has 1 amide bonds. The van der Waals surface area contributed by atoms with Crippen molar-refractivity contribution in [2.45, 2.75) is 58.6 Å². The molecular formula is C13H26N2O2. The van der Waals surface area contributed by atoms with Gasteiger partial charge in [-0.05, 0) is 18.8 Å². The van der Waals surface area contributed by atoms with E-state index in [0.717, 1.165) is 25.7 Å². The van der Waals surface area contributed by atoms with Crippen molar-refractivity contribution in [3.8, 4) is 0 Å². The molecule has 0 heterocycles. The molecule has 2 unspecified atom stereocenters. The molecule has 0 aromatic rings. The minimum Gasteiger partial charge on any atom is -0.392 e. The Balaban J connectivity index is 2.46. The van der Waals surface area contributed by atoms with Gasteiger partial charge in [0.05, 0.1) is 12.1 Å². The Hall–Kier alpha value is -0.610. The predicted molar refractivity (Wildman–Crippen MR) is 68.4 cm³/mol. The Morgan fingerprint density at radius 3 is 2.71 bits per heavy atom. The number of carbonyl (C=O) groups is 1. The standard InChI is InChI=1S/C13H26N2O2/c1-9(2)11(14)12(17)15-8-13(3)7-5-4-6-10(13)16/h9-11,16H,4-8,14H2,1-3H3,(H,15,17)/t10?,11-,13?/m0/s1. The fourth-order valence-electron chi connectivity index (χ4n) is 2.30. The second-order valence-electron chi connectivity index (χ2n) is 5.90. The largest absolute Gasteiger partial charge is 0.392 e. The number of carbonyl (C=O) groups excluding carboxylic acids is 1. The Morgan fingerprint density at radius 2 is 2.18 bits per heavy atom. The maximum atomic E-state index is 11.8. The van der Waals surface area contributed by atoms with E-state index < -0.39 is 6.04 Å². The van der Waals surface area contributed by atoms with Crippen LogP contribution < -0.4 is 11.1 Å². The van der Waals surface area contributed by atoms with E-state index in [2.05, 4.69) is 5.32 Å². The number of nitrogens with one attached hydrogen (secondary N) is 1. The maximum absolute atomic E-state index is 11.8. The molecule has 1 aliphatic carbocycles. The summed E-state index contributed by atoms with van der Waals surface area (Å²) in [7, 11) is 0. The van der Waals surface area contributed by atoms with Crippen LogP contribution in [0.5, 0.6) is 0 Å². The van der Waals surface area contributed by atoms with Crippen molar-refractivity contribution in [3.05, 3.63) is 0 Å². The number of nitrogens with two attached hydrogens (primary N) is 1. The lowest BCUT2D eigenvalue weighted by Gasteiger charge is -2.38. The van der Waals surface area contributed by atoms with E-state index in [-0.39, 0.29) is 23.3 Å². The average Bonchev–Trinajstić information content (AvgIpc) is 2.29. The Labute approximate surface area is 104 Å². The third-order valence-corrected chi connectivity index (χ3v) is 3.97. The van der Waals surface area contributed by atoms with E-state index in [0.29, 0.717) is 6.54 Å². The Kier molecular flexibility index (Phi) is 4.95. The van der Waals surface area contributed by atoms with E-state index >= 15 is 0 Å². The summed E-state index contributed by atoms with van der Waals surface area (Å²) in [5.74, 6) is 0.0260. The van der Waals surface area contributed by atoms with Gasteiger partial charge in [0.1, 0.15) is 0 Å². The van der Waals surface area contributed by atoms with Crippen LogP contribution in [0.25, 0.3) is 0 Å². The van der Waals surface area contributed by atoms with Gasteiger partial charge in [-0.15, -0.1) is 0 Å². The molecule has 1 fully saturated rings. The lowest BCUT2D eigenvalue weighted by molar-refractivity contribution is -0.124. The van der Waals surface area contributed by atoms with Crippen molar-refractivity contribution < 1.29 is 9.90 Å². The van der Waals surface area contributed by atoms with E-state index in [1.54, 1.807) is 0 Å². The van der Waals surface area contributed by atoms with Gasteiger partial charge in [0.2, 0.25) is 5.91 Å². The fraction of sp³-hybridized carbons (Fsp3) is 0.923. The van der Waals surface area contributed by atoms with Crippen LogP contribution in [0.2, 0.25) is 0 Å². The molecule has 0 aliphatic heterocycles. The smallest absolute Gasteiger partial charge is 0.237 e. The first-order valence-electron chi connectivity index (χ1n) is 6.58. The Bertz CT molecular complexity index is 268. The summed E-state index contributed by atoms with van der Waals surface area (Å²) in [6, 6.07) is -0.459. The molecule has 3 atom stereocenters. The first kappa shape index (κ1) is 14.5. The Morgan fingerprint density at radius 1 is 1.53 bits per heavy atom. The van der Waals surface area contributed by atoms with Crippen molar-refractivity contribution in [1.29, 1.82) is 0 Å². The molecule has 0 aromatic carbocycles. The summed E-state index contributed by atoms with van der Waals surface area (Å²) in [6.45, 7) is 6.42. The van der Waals surface area contributed by atoms with Crippen LogP contribution in [-0.2, 0) is 4.79 Å². The molecule has 0 spiro atoms. The minimum absolute atomic E-state index is 0.112. The first-order chi connectivity index (χ1) is 7.87. The number of amides is 1. The zero-order valence-corrected chi connectivity index (χ0v) is 11.2. The van der Waals surface area contributed by atoms with Gasteiger partial charge in [-0.1, -0.05) is 33.6 Å². The third kappa shape index (κ3) is 3.68. The molecule has 1 rings (SSSR count). The number of aliphatic hydroxyl groups excluding tert-OH is 1. The quantitative estimate of drug-likeness (QED) is 0.689. The highest BCUT2D eigenvalue weighted by Crippen LogP contribution is 2.35. The molecule has 0 bridgehead atoms. The van der Waals surface area contributed by atoms with Gasteiger partial charge in [0, 0.05) is 12.0 Å². The number of aliphatic hydroxyl groups is 1. The zero-order chi connectivity index (χ0) is 13.1. The molecule has 4 N–H and O–H groups in total. The molecule has 17 heavy (non-hydrogen) atoms.